The lowest BCUT2D eigenvalue weighted by Gasteiger charge is -2.24. The predicted octanol–water partition coefficient (Wildman–Crippen LogP) is 3.31. The first-order valence-corrected chi connectivity index (χ1v) is 5.11. The molecule has 16 heavy (non-hydrogen) atoms. The minimum Gasteiger partial charge on any atom is -0.508 e. The second kappa shape index (κ2) is 5.18. The molecule has 0 saturated heterocycles. The molecule has 2 heteroatoms. The minimum atomic E-state index is -0.664. The summed E-state index contributed by atoms with van der Waals surface area (Å²) in [5.74, 6) is 0.172. The number of rotatable bonds is 5. The van der Waals surface area contributed by atoms with Gasteiger partial charge in [-0.3, -0.25) is 0 Å². The molecule has 0 bridgehead atoms. The molecule has 82 valence electrons. The Morgan fingerprint density at radius 3 is 2.38 bits per heavy atom. The molecule has 0 spiro atoms. The van der Waals surface area contributed by atoms with Crippen LogP contribution in [0.1, 0.15) is 18.4 Å². The number of hydrogen-bond donors (Lipinski definition) is 1. The molecule has 1 N–H and O–H groups in total. The average molecular weight is 213 g/mol. The molecule has 1 rings (SSSR count). The Bertz CT molecular complexity index is 419. The van der Waals surface area contributed by atoms with Gasteiger partial charge in [0.1, 0.15) is 5.75 Å². The Morgan fingerprint density at radius 2 is 1.94 bits per heavy atom. The van der Waals surface area contributed by atoms with Crippen LogP contribution in [0.25, 0.3) is 0 Å². The van der Waals surface area contributed by atoms with E-state index in [1.54, 1.807) is 30.4 Å². The predicted molar refractivity (Wildman–Crippen MR) is 65.0 cm³/mol. The van der Waals surface area contributed by atoms with Crippen molar-refractivity contribution in [3.63, 3.8) is 0 Å². The smallest absolute Gasteiger partial charge is 0.115 e. The second-order valence-electron chi connectivity index (χ2n) is 3.73. The van der Waals surface area contributed by atoms with Gasteiger partial charge in [-0.25, -0.2) is 0 Å². The maximum atomic E-state index is 9.45. The molecule has 0 aliphatic heterocycles. The molecule has 0 aromatic heterocycles. The van der Waals surface area contributed by atoms with Crippen molar-refractivity contribution in [2.45, 2.75) is 18.3 Å². The highest BCUT2D eigenvalue weighted by Gasteiger charge is 2.29. The van der Waals surface area contributed by atoms with Crippen LogP contribution in [-0.2, 0) is 5.41 Å². The zero-order valence-corrected chi connectivity index (χ0v) is 9.19. The number of allylic oxidation sites excluding steroid dienone is 2. The molecule has 1 aromatic rings. The molecule has 0 amide bonds. The van der Waals surface area contributed by atoms with Crippen LogP contribution < -0.4 is 0 Å². The van der Waals surface area contributed by atoms with Crippen LogP contribution in [0.5, 0.6) is 5.75 Å². The number of aromatic hydroxyl groups is 1. The molecular formula is C14H15NO. The number of phenolic OH excluding ortho intramolecular Hbond substituents is 1. The molecule has 2 nitrogen and oxygen atoms in total. The Balaban J connectivity index is 3.24. The van der Waals surface area contributed by atoms with Gasteiger partial charge in [-0.15, -0.1) is 13.2 Å². The van der Waals surface area contributed by atoms with Crippen molar-refractivity contribution in [3.05, 3.63) is 55.1 Å². The van der Waals surface area contributed by atoms with E-state index in [4.69, 9.17) is 0 Å². The molecule has 0 fully saturated rings. The summed E-state index contributed by atoms with van der Waals surface area (Å²) < 4.78 is 0. The molecule has 0 saturated carbocycles. The van der Waals surface area contributed by atoms with E-state index >= 15 is 0 Å². The van der Waals surface area contributed by atoms with E-state index in [0.717, 1.165) is 5.56 Å². The van der Waals surface area contributed by atoms with Crippen LogP contribution in [0.2, 0.25) is 0 Å². The average Bonchev–Trinajstić information content (AvgIpc) is 2.28. The molecule has 0 radical (unpaired) electrons. The Morgan fingerprint density at radius 1 is 1.31 bits per heavy atom. The third-order valence-corrected chi connectivity index (χ3v) is 2.60. The van der Waals surface area contributed by atoms with Crippen LogP contribution >= 0.6 is 0 Å². The molecule has 0 aliphatic rings. The third kappa shape index (κ3) is 2.32. The lowest BCUT2D eigenvalue weighted by Crippen LogP contribution is -2.22. The van der Waals surface area contributed by atoms with Crippen LogP contribution in [-0.4, -0.2) is 5.11 Å². The van der Waals surface area contributed by atoms with Crippen molar-refractivity contribution >= 4 is 0 Å². The molecule has 0 unspecified atom stereocenters. The lowest BCUT2D eigenvalue weighted by molar-refractivity contribution is 0.470. The maximum Gasteiger partial charge on any atom is 0.115 e. The number of nitrogens with zero attached hydrogens (tertiary/aromatic N) is 1. The number of hydrogen-bond acceptors (Lipinski definition) is 2. The summed E-state index contributed by atoms with van der Waals surface area (Å²) in [5.41, 5.74) is 0.136. The highest BCUT2D eigenvalue weighted by molar-refractivity contribution is 5.38. The van der Waals surface area contributed by atoms with Crippen LogP contribution in [0.15, 0.2) is 49.6 Å². The van der Waals surface area contributed by atoms with Crippen LogP contribution in [0.4, 0.5) is 0 Å². The molecule has 0 atom stereocenters. The number of phenols is 1. The summed E-state index contributed by atoms with van der Waals surface area (Å²) in [6.07, 6.45) is 4.52. The number of nitriles is 1. The lowest BCUT2D eigenvalue weighted by atomic mass is 9.76. The van der Waals surface area contributed by atoms with Gasteiger partial charge in [0.2, 0.25) is 0 Å². The van der Waals surface area contributed by atoms with Crippen molar-refractivity contribution in [2.24, 2.45) is 0 Å². The summed E-state index contributed by atoms with van der Waals surface area (Å²) in [5, 5.41) is 18.8. The highest BCUT2D eigenvalue weighted by atomic mass is 16.3. The van der Waals surface area contributed by atoms with Gasteiger partial charge in [0.25, 0.3) is 0 Å². The van der Waals surface area contributed by atoms with Crippen molar-refractivity contribution in [2.75, 3.05) is 0 Å². The minimum absolute atomic E-state index is 0.172. The summed E-state index contributed by atoms with van der Waals surface area (Å²) in [7, 11) is 0. The Kier molecular flexibility index (Phi) is 3.90. The number of benzene rings is 1. The molecule has 0 aliphatic carbocycles. The van der Waals surface area contributed by atoms with Crippen molar-refractivity contribution in [1.82, 2.24) is 0 Å². The van der Waals surface area contributed by atoms with E-state index in [1.165, 1.54) is 0 Å². The molecular weight excluding hydrogens is 198 g/mol. The Hall–Kier alpha value is -2.01. The molecule has 1 aromatic carbocycles. The topological polar surface area (TPSA) is 44.0 Å². The van der Waals surface area contributed by atoms with Gasteiger partial charge in [0, 0.05) is 0 Å². The van der Waals surface area contributed by atoms with Gasteiger partial charge < -0.3 is 5.11 Å². The zero-order valence-electron chi connectivity index (χ0n) is 9.19. The third-order valence-electron chi connectivity index (χ3n) is 2.60. The normalized spacial score (nSPS) is 10.4. The van der Waals surface area contributed by atoms with Crippen LogP contribution in [0.3, 0.4) is 0 Å². The van der Waals surface area contributed by atoms with Crippen molar-refractivity contribution < 1.29 is 5.11 Å². The molecule has 0 heterocycles. The van der Waals surface area contributed by atoms with Crippen LogP contribution in [0, 0.1) is 11.3 Å². The maximum absolute atomic E-state index is 9.45. The van der Waals surface area contributed by atoms with Crippen molar-refractivity contribution in [3.8, 4) is 11.8 Å². The van der Waals surface area contributed by atoms with E-state index < -0.39 is 5.41 Å². The van der Waals surface area contributed by atoms with Gasteiger partial charge in [-0.2, -0.15) is 5.26 Å². The SMILES string of the molecule is C=CCC(C#N)(CC=C)c1cccc(O)c1. The van der Waals surface area contributed by atoms with E-state index in [0.29, 0.717) is 12.8 Å². The summed E-state index contributed by atoms with van der Waals surface area (Å²) >= 11 is 0. The fourth-order valence-corrected chi connectivity index (χ4v) is 1.77. The first-order valence-electron chi connectivity index (χ1n) is 5.11. The van der Waals surface area contributed by atoms with E-state index in [1.807, 2.05) is 6.07 Å². The van der Waals surface area contributed by atoms with E-state index in [-0.39, 0.29) is 5.75 Å². The van der Waals surface area contributed by atoms with Gasteiger partial charge >= 0.3 is 0 Å². The first-order chi connectivity index (χ1) is 7.68. The van der Waals surface area contributed by atoms with E-state index in [9.17, 15) is 10.4 Å². The fourth-order valence-electron chi connectivity index (χ4n) is 1.77. The quantitative estimate of drug-likeness (QED) is 0.762. The zero-order chi connectivity index (χ0) is 12.0. The summed E-state index contributed by atoms with van der Waals surface area (Å²) in [6, 6.07) is 9.10. The van der Waals surface area contributed by atoms with E-state index in [2.05, 4.69) is 19.2 Å². The van der Waals surface area contributed by atoms with Gasteiger partial charge in [0.15, 0.2) is 0 Å². The largest absolute Gasteiger partial charge is 0.508 e. The van der Waals surface area contributed by atoms with Crippen molar-refractivity contribution in [1.29, 1.82) is 5.26 Å². The van der Waals surface area contributed by atoms with Gasteiger partial charge in [-0.05, 0) is 30.5 Å². The highest BCUT2D eigenvalue weighted by Crippen LogP contribution is 2.33. The van der Waals surface area contributed by atoms with Gasteiger partial charge in [0.05, 0.1) is 11.5 Å². The summed E-state index contributed by atoms with van der Waals surface area (Å²) in [6.45, 7) is 7.35. The second-order valence-corrected chi connectivity index (χ2v) is 3.73. The van der Waals surface area contributed by atoms with Gasteiger partial charge in [-0.1, -0.05) is 24.3 Å². The monoisotopic (exact) mass is 213 g/mol. The summed E-state index contributed by atoms with van der Waals surface area (Å²) in [4.78, 5) is 0. The Labute approximate surface area is 96.2 Å². The first kappa shape index (κ1) is 12.1. The fraction of sp³-hybridized carbons (Fsp3) is 0.214. The standard InChI is InChI=1S/C14H15NO/c1-3-8-14(11-15,9-4-2)12-6-5-7-13(16)10-12/h3-7,10,16H,1-2,8-9H2.